The number of rotatable bonds is 3. The Morgan fingerprint density at radius 1 is 1.28 bits per heavy atom. The van der Waals surface area contributed by atoms with E-state index in [1.807, 2.05) is 38.3 Å². The number of aryl methyl sites for hydroxylation is 1. The van der Waals surface area contributed by atoms with Gasteiger partial charge in [0, 0.05) is 5.69 Å². The van der Waals surface area contributed by atoms with Crippen molar-refractivity contribution in [2.45, 2.75) is 33.8 Å². The number of hydrogen-bond acceptors (Lipinski definition) is 4. The number of nitrogen functional groups attached to an aromatic ring is 1. The van der Waals surface area contributed by atoms with Gasteiger partial charge in [0.1, 0.15) is 12.1 Å². The van der Waals surface area contributed by atoms with Crippen LogP contribution in [0, 0.1) is 13.8 Å². The summed E-state index contributed by atoms with van der Waals surface area (Å²) in [5, 5.41) is 0. The molecular weight excluding hydrogens is 228 g/mol. The normalized spacial score (nSPS) is 10.9. The molecule has 0 bridgehead atoms. The number of ether oxygens (including phenoxy) is 1. The van der Waals surface area contributed by atoms with Gasteiger partial charge >= 0.3 is 0 Å². The zero-order valence-electron chi connectivity index (χ0n) is 11.1. The fraction of sp³-hybridized carbons (Fsp3) is 0.385. The van der Waals surface area contributed by atoms with Crippen LogP contribution in [-0.4, -0.2) is 20.6 Å². The maximum atomic E-state index is 5.85. The molecule has 0 amide bonds. The van der Waals surface area contributed by atoms with Crippen LogP contribution in [0.15, 0.2) is 18.5 Å². The average Bonchev–Trinajstić information content (AvgIpc) is 2.63. The molecule has 0 spiro atoms. The summed E-state index contributed by atoms with van der Waals surface area (Å²) >= 11 is 0. The number of pyridine rings is 1. The Morgan fingerprint density at radius 3 is 2.56 bits per heavy atom. The lowest BCUT2D eigenvalue weighted by molar-refractivity contribution is 0.234. The topological polar surface area (TPSA) is 66.0 Å². The van der Waals surface area contributed by atoms with Crippen molar-refractivity contribution in [2.75, 3.05) is 5.73 Å². The zero-order chi connectivity index (χ0) is 13.3. The first-order chi connectivity index (χ1) is 8.49. The summed E-state index contributed by atoms with van der Waals surface area (Å²) in [6, 6.07) is 3.66. The summed E-state index contributed by atoms with van der Waals surface area (Å²) in [6.45, 7) is 7.86. The molecule has 0 aliphatic rings. The lowest BCUT2D eigenvalue weighted by Gasteiger charge is -2.13. The number of imidazole rings is 1. The van der Waals surface area contributed by atoms with Gasteiger partial charge in [-0.1, -0.05) is 0 Å². The van der Waals surface area contributed by atoms with Crippen LogP contribution in [0.4, 0.5) is 5.69 Å². The van der Waals surface area contributed by atoms with E-state index in [0.29, 0.717) is 11.6 Å². The van der Waals surface area contributed by atoms with Crippen molar-refractivity contribution in [2.24, 2.45) is 0 Å². The highest BCUT2D eigenvalue weighted by atomic mass is 16.5. The Bertz CT molecular complexity index is 560. The van der Waals surface area contributed by atoms with Crippen molar-refractivity contribution in [1.82, 2.24) is 14.5 Å². The molecule has 0 fully saturated rings. The second-order valence-electron chi connectivity index (χ2n) is 4.52. The molecule has 0 saturated heterocycles. The standard InChI is InChI=1S/C13H18N4O/c1-8(2)18-13-11(14)5-6-12(16-13)17-7-15-9(3)10(17)4/h5-8H,14H2,1-4H3. The van der Waals surface area contributed by atoms with Gasteiger partial charge in [-0.05, 0) is 39.8 Å². The highest BCUT2D eigenvalue weighted by Gasteiger charge is 2.10. The van der Waals surface area contributed by atoms with Crippen LogP contribution in [0.3, 0.4) is 0 Å². The first-order valence-corrected chi connectivity index (χ1v) is 5.93. The minimum Gasteiger partial charge on any atom is -0.473 e. The number of nitrogens with two attached hydrogens (primary N) is 1. The van der Waals surface area contributed by atoms with Gasteiger partial charge in [0.2, 0.25) is 5.88 Å². The van der Waals surface area contributed by atoms with Gasteiger partial charge in [-0.2, -0.15) is 4.98 Å². The monoisotopic (exact) mass is 246 g/mol. The van der Waals surface area contributed by atoms with Crippen molar-refractivity contribution < 1.29 is 4.74 Å². The van der Waals surface area contributed by atoms with Crippen molar-refractivity contribution in [1.29, 1.82) is 0 Å². The van der Waals surface area contributed by atoms with Crippen LogP contribution < -0.4 is 10.5 Å². The maximum Gasteiger partial charge on any atom is 0.239 e. The number of anilines is 1. The molecule has 5 nitrogen and oxygen atoms in total. The minimum absolute atomic E-state index is 0.0423. The largest absolute Gasteiger partial charge is 0.473 e. The predicted octanol–water partition coefficient (Wildman–Crippen LogP) is 2.25. The van der Waals surface area contributed by atoms with E-state index >= 15 is 0 Å². The molecule has 2 aromatic rings. The smallest absolute Gasteiger partial charge is 0.239 e. The van der Waals surface area contributed by atoms with E-state index in [4.69, 9.17) is 10.5 Å². The van der Waals surface area contributed by atoms with E-state index in [1.165, 1.54) is 0 Å². The van der Waals surface area contributed by atoms with Gasteiger partial charge in [-0.15, -0.1) is 0 Å². The van der Waals surface area contributed by atoms with Gasteiger partial charge < -0.3 is 10.5 Å². The third kappa shape index (κ3) is 2.30. The highest BCUT2D eigenvalue weighted by molar-refractivity contribution is 5.51. The first-order valence-electron chi connectivity index (χ1n) is 5.93. The lowest BCUT2D eigenvalue weighted by atomic mass is 10.3. The van der Waals surface area contributed by atoms with Gasteiger partial charge in [-0.25, -0.2) is 4.98 Å². The van der Waals surface area contributed by atoms with Crippen LogP contribution in [0.2, 0.25) is 0 Å². The van der Waals surface area contributed by atoms with Gasteiger partial charge in [0.25, 0.3) is 0 Å². The molecule has 5 heteroatoms. The maximum absolute atomic E-state index is 5.85. The van der Waals surface area contributed by atoms with Crippen LogP contribution >= 0.6 is 0 Å². The zero-order valence-corrected chi connectivity index (χ0v) is 11.1. The summed E-state index contributed by atoms with van der Waals surface area (Å²) in [5.41, 5.74) is 8.43. The Hall–Kier alpha value is -2.04. The molecular formula is C13H18N4O. The van der Waals surface area contributed by atoms with E-state index < -0.39 is 0 Å². The molecule has 0 aromatic carbocycles. The van der Waals surface area contributed by atoms with Gasteiger partial charge in [-0.3, -0.25) is 4.57 Å². The summed E-state index contributed by atoms with van der Waals surface area (Å²) in [7, 11) is 0. The molecule has 2 heterocycles. The van der Waals surface area contributed by atoms with E-state index in [9.17, 15) is 0 Å². The summed E-state index contributed by atoms with van der Waals surface area (Å²) in [6.07, 6.45) is 1.79. The van der Waals surface area contributed by atoms with Crippen LogP contribution in [0.5, 0.6) is 5.88 Å². The van der Waals surface area contributed by atoms with Crippen molar-refractivity contribution >= 4 is 5.69 Å². The molecule has 0 aliphatic carbocycles. The van der Waals surface area contributed by atoms with Crippen molar-refractivity contribution in [3.63, 3.8) is 0 Å². The van der Waals surface area contributed by atoms with E-state index in [1.54, 1.807) is 12.4 Å². The van der Waals surface area contributed by atoms with E-state index in [-0.39, 0.29) is 6.10 Å². The molecule has 0 saturated carbocycles. The third-order valence-electron chi connectivity index (χ3n) is 2.72. The molecule has 96 valence electrons. The highest BCUT2D eigenvalue weighted by Crippen LogP contribution is 2.22. The summed E-state index contributed by atoms with van der Waals surface area (Å²) in [5.74, 6) is 1.23. The summed E-state index contributed by atoms with van der Waals surface area (Å²) in [4.78, 5) is 8.69. The third-order valence-corrected chi connectivity index (χ3v) is 2.72. The fourth-order valence-electron chi connectivity index (χ4n) is 1.62. The molecule has 0 aliphatic heterocycles. The van der Waals surface area contributed by atoms with Crippen LogP contribution in [0.25, 0.3) is 5.82 Å². The Labute approximate surface area is 107 Å². The SMILES string of the molecule is Cc1ncn(-c2ccc(N)c(OC(C)C)n2)c1C. The van der Waals surface area contributed by atoms with Gasteiger partial charge in [0.05, 0.1) is 17.5 Å². The van der Waals surface area contributed by atoms with Crippen LogP contribution in [-0.2, 0) is 0 Å². The predicted molar refractivity (Wildman–Crippen MR) is 71.0 cm³/mol. The summed E-state index contributed by atoms with van der Waals surface area (Å²) < 4.78 is 7.50. The Morgan fingerprint density at radius 2 is 2.00 bits per heavy atom. The second kappa shape index (κ2) is 4.68. The molecule has 0 atom stereocenters. The van der Waals surface area contributed by atoms with Crippen LogP contribution in [0.1, 0.15) is 25.2 Å². The lowest BCUT2D eigenvalue weighted by Crippen LogP contribution is -2.10. The average molecular weight is 246 g/mol. The van der Waals surface area contributed by atoms with Gasteiger partial charge in [0.15, 0.2) is 0 Å². The molecule has 2 N–H and O–H groups in total. The molecule has 2 aromatic heterocycles. The molecule has 0 radical (unpaired) electrons. The Kier molecular flexibility index (Phi) is 3.23. The van der Waals surface area contributed by atoms with E-state index in [2.05, 4.69) is 9.97 Å². The number of hydrogen-bond donors (Lipinski definition) is 1. The fourth-order valence-corrected chi connectivity index (χ4v) is 1.62. The number of aromatic nitrogens is 3. The minimum atomic E-state index is 0.0423. The molecule has 2 rings (SSSR count). The van der Waals surface area contributed by atoms with Crippen molar-refractivity contribution in [3.05, 3.63) is 29.8 Å². The van der Waals surface area contributed by atoms with Crippen molar-refractivity contribution in [3.8, 4) is 11.7 Å². The molecule has 0 unspecified atom stereocenters. The Balaban J connectivity index is 2.43. The first kappa shape index (κ1) is 12.4. The molecule has 18 heavy (non-hydrogen) atoms. The second-order valence-corrected chi connectivity index (χ2v) is 4.52. The van der Waals surface area contributed by atoms with E-state index in [0.717, 1.165) is 17.2 Å². The number of nitrogens with zero attached hydrogens (tertiary/aromatic N) is 3. The quantitative estimate of drug-likeness (QED) is 0.902.